The molecule has 0 aliphatic carbocycles. The van der Waals surface area contributed by atoms with Gasteiger partial charge in [-0.1, -0.05) is 17.7 Å². The second kappa shape index (κ2) is 10.5. The Morgan fingerprint density at radius 2 is 1.93 bits per heavy atom. The third-order valence-corrected chi connectivity index (χ3v) is 4.16. The predicted octanol–water partition coefficient (Wildman–Crippen LogP) is 4.32. The van der Waals surface area contributed by atoms with E-state index in [0.29, 0.717) is 30.7 Å². The lowest BCUT2D eigenvalue weighted by atomic mass is 10.2. The number of nitrogens with one attached hydrogen (secondary N) is 2. The summed E-state index contributed by atoms with van der Waals surface area (Å²) in [4.78, 5) is 4.26. The highest BCUT2D eigenvalue weighted by molar-refractivity contribution is 14.0. The number of benzene rings is 2. The van der Waals surface area contributed by atoms with E-state index in [9.17, 15) is 0 Å². The van der Waals surface area contributed by atoms with Crippen LogP contribution in [0, 0.1) is 0 Å². The van der Waals surface area contributed by atoms with Gasteiger partial charge in [0.15, 0.2) is 17.5 Å². The highest BCUT2D eigenvalue weighted by Crippen LogP contribution is 2.32. The van der Waals surface area contributed by atoms with Gasteiger partial charge < -0.3 is 24.8 Å². The highest BCUT2D eigenvalue weighted by atomic mass is 127. The van der Waals surface area contributed by atoms with Crippen molar-refractivity contribution < 1.29 is 14.2 Å². The molecule has 1 aliphatic rings. The van der Waals surface area contributed by atoms with Crippen LogP contribution in [-0.2, 0) is 6.54 Å². The number of guanidine groups is 1. The molecule has 0 fully saturated rings. The summed E-state index contributed by atoms with van der Waals surface area (Å²) in [7, 11) is 3.34. The lowest BCUT2D eigenvalue weighted by Gasteiger charge is -2.15. The second-order valence-electron chi connectivity index (χ2n) is 5.72. The zero-order valence-corrected chi connectivity index (χ0v) is 18.3. The third kappa shape index (κ3) is 5.80. The van der Waals surface area contributed by atoms with Gasteiger partial charge in [-0.2, -0.15) is 0 Å². The first-order valence-corrected chi connectivity index (χ1v) is 8.77. The Hall–Kier alpha value is -1.87. The zero-order chi connectivity index (χ0) is 18.4. The van der Waals surface area contributed by atoms with Crippen LogP contribution in [0.1, 0.15) is 12.0 Å². The molecule has 2 aromatic carbocycles. The maximum Gasteiger partial charge on any atom is 0.195 e. The van der Waals surface area contributed by atoms with Gasteiger partial charge in [-0.05, 0) is 24.3 Å². The Kier molecular flexibility index (Phi) is 8.30. The molecule has 0 saturated heterocycles. The van der Waals surface area contributed by atoms with Crippen LogP contribution in [-0.4, -0.2) is 33.3 Å². The molecule has 27 heavy (non-hydrogen) atoms. The summed E-state index contributed by atoms with van der Waals surface area (Å²) in [6.07, 6.45) is 0.879. The minimum atomic E-state index is 0. The minimum absolute atomic E-state index is 0. The fraction of sp³-hybridized carbons (Fsp3) is 0.316. The number of hydrogen-bond acceptors (Lipinski definition) is 4. The number of ether oxygens (including phenoxy) is 3. The number of fused-ring (bicyclic) bond motifs is 1. The van der Waals surface area contributed by atoms with Crippen LogP contribution in [0.2, 0.25) is 5.02 Å². The van der Waals surface area contributed by atoms with Gasteiger partial charge in [-0.25, -0.2) is 0 Å². The molecule has 0 atom stereocenters. The summed E-state index contributed by atoms with van der Waals surface area (Å²) in [6, 6.07) is 11.3. The molecular formula is C19H23ClIN3O3. The van der Waals surface area contributed by atoms with Crippen molar-refractivity contribution in [1.29, 1.82) is 0 Å². The van der Waals surface area contributed by atoms with Crippen molar-refractivity contribution >= 4 is 47.2 Å². The van der Waals surface area contributed by atoms with Crippen LogP contribution in [0.25, 0.3) is 0 Å². The largest absolute Gasteiger partial charge is 0.496 e. The monoisotopic (exact) mass is 503 g/mol. The number of methoxy groups -OCH3 is 1. The Morgan fingerprint density at radius 3 is 2.67 bits per heavy atom. The van der Waals surface area contributed by atoms with Crippen LogP contribution in [0.5, 0.6) is 17.2 Å². The molecule has 0 saturated carbocycles. The normalized spacial score (nSPS) is 13.2. The van der Waals surface area contributed by atoms with Gasteiger partial charge in [0.25, 0.3) is 0 Å². The maximum atomic E-state index is 6.00. The molecule has 2 N–H and O–H groups in total. The lowest BCUT2D eigenvalue weighted by molar-refractivity contribution is 0.297. The molecule has 0 aromatic heterocycles. The fourth-order valence-electron chi connectivity index (χ4n) is 2.60. The molecular weight excluding hydrogens is 481 g/mol. The van der Waals surface area contributed by atoms with Gasteiger partial charge in [0, 0.05) is 42.4 Å². The molecule has 1 heterocycles. The molecule has 8 heteroatoms. The van der Waals surface area contributed by atoms with Crippen LogP contribution in [0.15, 0.2) is 41.4 Å². The summed E-state index contributed by atoms with van der Waals surface area (Å²) >= 11 is 6.00. The van der Waals surface area contributed by atoms with Crippen molar-refractivity contribution in [2.45, 2.75) is 13.0 Å². The molecule has 146 valence electrons. The van der Waals surface area contributed by atoms with E-state index in [4.69, 9.17) is 25.8 Å². The molecule has 3 rings (SSSR count). The molecule has 2 aromatic rings. The summed E-state index contributed by atoms with van der Waals surface area (Å²) in [6.45, 7) is 1.87. The molecule has 0 spiro atoms. The van der Waals surface area contributed by atoms with Crippen LogP contribution < -0.4 is 24.8 Å². The molecule has 6 nitrogen and oxygen atoms in total. The van der Waals surface area contributed by atoms with E-state index in [1.165, 1.54) is 0 Å². The van der Waals surface area contributed by atoms with Crippen LogP contribution >= 0.6 is 35.6 Å². The molecule has 1 aliphatic heterocycles. The SMILES string of the molecule is CN=C(NCc1ccc(Cl)cc1OC)Nc1ccc2c(c1)OCCCO2.I. The Labute approximate surface area is 181 Å². The summed E-state index contributed by atoms with van der Waals surface area (Å²) in [5.41, 5.74) is 1.85. The van der Waals surface area contributed by atoms with E-state index in [1.807, 2.05) is 30.3 Å². The van der Waals surface area contributed by atoms with Gasteiger partial charge in [0.05, 0.1) is 20.3 Å². The fourth-order valence-corrected chi connectivity index (χ4v) is 2.76. The maximum absolute atomic E-state index is 6.00. The first kappa shape index (κ1) is 21.4. The van der Waals surface area contributed by atoms with E-state index in [1.54, 1.807) is 20.2 Å². The average molecular weight is 504 g/mol. The topological polar surface area (TPSA) is 64.1 Å². The standard InChI is InChI=1S/C19H22ClN3O3.HI/c1-21-19(22-12-13-4-5-14(20)10-17(13)24-2)23-15-6-7-16-18(11-15)26-9-3-8-25-16;/h4-7,10-11H,3,8-9,12H2,1-2H3,(H2,21,22,23);1H. The Balaban J connectivity index is 0.00000261. The van der Waals surface area contributed by atoms with Crippen molar-refractivity contribution in [3.63, 3.8) is 0 Å². The number of rotatable bonds is 4. The Bertz CT molecular complexity index is 802. The van der Waals surface area contributed by atoms with Crippen molar-refractivity contribution in [1.82, 2.24) is 5.32 Å². The highest BCUT2D eigenvalue weighted by Gasteiger charge is 2.11. The molecule has 0 unspecified atom stereocenters. The molecule has 0 amide bonds. The van der Waals surface area contributed by atoms with Crippen LogP contribution in [0.3, 0.4) is 0 Å². The summed E-state index contributed by atoms with van der Waals surface area (Å²) < 4.78 is 16.7. The smallest absolute Gasteiger partial charge is 0.195 e. The van der Waals surface area contributed by atoms with E-state index >= 15 is 0 Å². The predicted molar refractivity (Wildman–Crippen MR) is 119 cm³/mol. The van der Waals surface area contributed by atoms with E-state index in [2.05, 4.69) is 15.6 Å². The van der Waals surface area contributed by atoms with Gasteiger partial charge in [-0.15, -0.1) is 24.0 Å². The molecule has 0 radical (unpaired) electrons. The first-order valence-electron chi connectivity index (χ1n) is 8.39. The number of nitrogens with zero attached hydrogens (tertiary/aromatic N) is 1. The lowest BCUT2D eigenvalue weighted by Crippen LogP contribution is -2.30. The van der Waals surface area contributed by atoms with Crippen molar-refractivity contribution in [2.75, 3.05) is 32.7 Å². The van der Waals surface area contributed by atoms with Crippen molar-refractivity contribution in [2.24, 2.45) is 4.99 Å². The van der Waals surface area contributed by atoms with E-state index in [-0.39, 0.29) is 24.0 Å². The van der Waals surface area contributed by atoms with Crippen molar-refractivity contribution in [3.05, 3.63) is 47.0 Å². The van der Waals surface area contributed by atoms with Gasteiger partial charge >= 0.3 is 0 Å². The third-order valence-electron chi connectivity index (χ3n) is 3.93. The number of hydrogen-bond donors (Lipinski definition) is 2. The van der Waals surface area contributed by atoms with E-state index in [0.717, 1.165) is 34.9 Å². The number of anilines is 1. The quantitative estimate of drug-likeness (QED) is 0.370. The van der Waals surface area contributed by atoms with Gasteiger partial charge in [0.1, 0.15) is 5.75 Å². The van der Waals surface area contributed by atoms with Gasteiger partial charge in [0.2, 0.25) is 0 Å². The molecule has 0 bridgehead atoms. The Morgan fingerprint density at radius 1 is 1.15 bits per heavy atom. The van der Waals surface area contributed by atoms with Crippen molar-refractivity contribution in [3.8, 4) is 17.2 Å². The summed E-state index contributed by atoms with van der Waals surface area (Å²) in [5.74, 6) is 2.87. The zero-order valence-electron chi connectivity index (χ0n) is 15.3. The number of halogens is 2. The first-order chi connectivity index (χ1) is 12.7. The van der Waals surface area contributed by atoms with Crippen LogP contribution in [0.4, 0.5) is 5.69 Å². The second-order valence-corrected chi connectivity index (χ2v) is 6.16. The summed E-state index contributed by atoms with van der Waals surface area (Å²) in [5, 5.41) is 7.16. The number of aliphatic imine (C=N–C) groups is 1. The average Bonchev–Trinajstić information content (AvgIpc) is 2.90. The van der Waals surface area contributed by atoms with E-state index < -0.39 is 0 Å². The van der Waals surface area contributed by atoms with Gasteiger partial charge in [-0.3, -0.25) is 4.99 Å². The minimum Gasteiger partial charge on any atom is -0.496 e.